The van der Waals surface area contributed by atoms with Gasteiger partial charge in [-0.25, -0.2) is 0 Å². The molecule has 8 heavy (non-hydrogen) atoms. The second-order valence-corrected chi connectivity index (χ2v) is 3.17. The van der Waals surface area contributed by atoms with Gasteiger partial charge in [0.2, 0.25) is 0 Å². The van der Waals surface area contributed by atoms with Crippen molar-refractivity contribution >= 4 is 0 Å². The van der Waals surface area contributed by atoms with Crippen LogP contribution < -0.4 is 0 Å². The van der Waals surface area contributed by atoms with Gasteiger partial charge >= 0.3 is 0 Å². The van der Waals surface area contributed by atoms with E-state index in [9.17, 15) is 0 Å². The molecule has 1 aliphatic carbocycles. The molecule has 0 aromatic carbocycles. The summed E-state index contributed by atoms with van der Waals surface area (Å²) in [6.07, 6.45) is 2.92. The smallest absolute Gasteiger partial charge is 0.0125 e. The monoisotopic (exact) mass is 111 g/mol. The minimum Gasteiger partial charge on any atom is -0.300 e. The van der Waals surface area contributed by atoms with Gasteiger partial charge in [-0.3, -0.25) is 0 Å². The Morgan fingerprint density at radius 3 is 2.12 bits per heavy atom. The van der Waals surface area contributed by atoms with E-state index in [-0.39, 0.29) is 0 Å². The Kier molecular flexibility index (Phi) is 0.884. The second-order valence-electron chi connectivity index (χ2n) is 3.17. The van der Waals surface area contributed by atoms with Crippen molar-refractivity contribution in [3.8, 4) is 0 Å². The summed E-state index contributed by atoms with van der Waals surface area (Å²) in [4.78, 5) is 2.60. The van der Waals surface area contributed by atoms with Gasteiger partial charge in [-0.15, -0.1) is 0 Å². The van der Waals surface area contributed by atoms with Crippen LogP contribution in [0.25, 0.3) is 0 Å². The predicted molar refractivity (Wildman–Crippen MR) is 33.8 cm³/mol. The molecule has 0 amide bonds. The van der Waals surface area contributed by atoms with Crippen LogP contribution in [0.4, 0.5) is 0 Å². The van der Waals surface area contributed by atoms with E-state index in [2.05, 4.69) is 11.8 Å². The molecular formula is C7H13N. The molecule has 2 atom stereocenters. The van der Waals surface area contributed by atoms with E-state index in [0.717, 1.165) is 12.0 Å². The standard InChI is InChI=1S/C7H13N/c1-6-5-7(6)8-3-2-4-8/h6-7H,2-5H2,1H3. The van der Waals surface area contributed by atoms with E-state index >= 15 is 0 Å². The van der Waals surface area contributed by atoms with E-state index in [1.54, 1.807) is 0 Å². The SMILES string of the molecule is CC1CC1N1CCC1. The zero-order valence-corrected chi connectivity index (χ0v) is 5.43. The van der Waals surface area contributed by atoms with Crippen molar-refractivity contribution in [2.75, 3.05) is 13.1 Å². The molecule has 1 aliphatic heterocycles. The lowest BCUT2D eigenvalue weighted by Crippen LogP contribution is -2.39. The molecule has 46 valence electrons. The highest BCUT2D eigenvalue weighted by Gasteiger charge is 2.39. The molecule has 1 nitrogen and oxygen atoms in total. The third-order valence-electron chi connectivity index (χ3n) is 2.43. The number of likely N-dealkylation sites (tertiary alicyclic amines) is 1. The van der Waals surface area contributed by atoms with Crippen molar-refractivity contribution in [1.82, 2.24) is 4.90 Å². The molecule has 1 heteroatoms. The van der Waals surface area contributed by atoms with Crippen molar-refractivity contribution in [1.29, 1.82) is 0 Å². The highest BCUT2D eigenvalue weighted by Crippen LogP contribution is 2.37. The molecule has 0 spiro atoms. The zero-order valence-electron chi connectivity index (χ0n) is 5.43. The molecule has 2 unspecified atom stereocenters. The zero-order chi connectivity index (χ0) is 5.56. The van der Waals surface area contributed by atoms with E-state index in [1.807, 2.05) is 0 Å². The molecule has 2 aliphatic rings. The van der Waals surface area contributed by atoms with Crippen molar-refractivity contribution in [3.63, 3.8) is 0 Å². The first-order chi connectivity index (χ1) is 3.88. The number of hydrogen-bond acceptors (Lipinski definition) is 1. The highest BCUT2D eigenvalue weighted by atomic mass is 15.2. The molecule has 1 saturated carbocycles. The third kappa shape index (κ3) is 0.576. The van der Waals surface area contributed by atoms with Gasteiger partial charge in [0.25, 0.3) is 0 Å². The Balaban J connectivity index is 1.82. The molecule has 0 radical (unpaired) electrons. The van der Waals surface area contributed by atoms with Crippen molar-refractivity contribution in [3.05, 3.63) is 0 Å². The van der Waals surface area contributed by atoms with Crippen LogP contribution in [0.5, 0.6) is 0 Å². The van der Waals surface area contributed by atoms with Gasteiger partial charge in [0, 0.05) is 6.04 Å². The molecule has 0 bridgehead atoms. The normalized spacial score (nSPS) is 46.1. The minimum absolute atomic E-state index is 1.00. The molecule has 1 heterocycles. The van der Waals surface area contributed by atoms with Gasteiger partial charge in [-0.05, 0) is 31.8 Å². The minimum atomic E-state index is 1.00. The Morgan fingerprint density at radius 1 is 1.38 bits per heavy atom. The fraction of sp³-hybridized carbons (Fsp3) is 1.00. The quantitative estimate of drug-likeness (QED) is 0.490. The van der Waals surface area contributed by atoms with E-state index in [0.29, 0.717) is 0 Å². The highest BCUT2D eigenvalue weighted by molar-refractivity contribution is 4.94. The summed E-state index contributed by atoms with van der Waals surface area (Å²) in [5.74, 6) is 1.02. The summed E-state index contributed by atoms with van der Waals surface area (Å²) in [6, 6.07) is 1.00. The molecule has 0 aromatic heterocycles. The van der Waals surface area contributed by atoms with Crippen molar-refractivity contribution < 1.29 is 0 Å². The maximum absolute atomic E-state index is 2.60. The first-order valence-electron chi connectivity index (χ1n) is 3.62. The van der Waals surface area contributed by atoms with E-state index in [4.69, 9.17) is 0 Å². The van der Waals surface area contributed by atoms with Gasteiger partial charge < -0.3 is 4.90 Å². The van der Waals surface area contributed by atoms with Gasteiger partial charge in [0.15, 0.2) is 0 Å². The molecule has 0 N–H and O–H groups in total. The van der Waals surface area contributed by atoms with Gasteiger partial charge in [0.1, 0.15) is 0 Å². The maximum atomic E-state index is 2.60. The Morgan fingerprint density at radius 2 is 2.00 bits per heavy atom. The van der Waals surface area contributed by atoms with Gasteiger partial charge in [-0.1, -0.05) is 6.92 Å². The van der Waals surface area contributed by atoms with Crippen LogP contribution in [-0.4, -0.2) is 24.0 Å². The molecule has 1 saturated heterocycles. The summed E-state index contributed by atoms with van der Waals surface area (Å²) < 4.78 is 0. The maximum Gasteiger partial charge on any atom is 0.0125 e. The molecular weight excluding hydrogens is 98.1 g/mol. The van der Waals surface area contributed by atoms with Crippen molar-refractivity contribution in [2.45, 2.75) is 25.8 Å². The summed E-state index contributed by atoms with van der Waals surface area (Å²) in [7, 11) is 0. The van der Waals surface area contributed by atoms with Crippen LogP contribution in [0.1, 0.15) is 19.8 Å². The average Bonchev–Trinajstić information content (AvgIpc) is 2.13. The molecule has 2 rings (SSSR count). The fourth-order valence-electron chi connectivity index (χ4n) is 1.48. The topological polar surface area (TPSA) is 3.24 Å². The number of nitrogens with zero attached hydrogens (tertiary/aromatic N) is 1. The average molecular weight is 111 g/mol. The lowest BCUT2D eigenvalue weighted by atomic mass is 10.2. The first kappa shape index (κ1) is 4.80. The van der Waals surface area contributed by atoms with Crippen LogP contribution >= 0.6 is 0 Å². The van der Waals surface area contributed by atoms with E-state index < -0.39 is 0 Å². The van der Waals surface area contributed by atoms with Crippen LogP contribution in [0, 0.1) is 5.92 Å². The number of hydrogen-bond donors (Lipinski definition) is 0. The number of rotatable bonds is 1. The Hall–Kier alpha value is -0.0400. The fourth-order valence-corrected chi connectivity index (χ4v) is 1.48. The van der Waals surface area contributed by atoms with Crippen LogP contribution in [-0.2, 0) is 0 Å². The summed E-state index contributed by atoms with van der Waals surface area (Å²) >= 11 is 0. The largest absolute Gasteiger partial charge is 0.300 e. The second kappa shape index (κ2) is 1.47. The van der Waals surface area contributed by atoms with Crippen LogP contribution in [0.3, 0.4) is 0 Å². The summed E-state index contributed by atoms with van der Waals surface area (Å²) in [5, 5.41) is 0. The van der Waals surface area contributed by atoms with Crippen LogP contribution in [0.15, 0.2) is 0 Å². The Labute approximate surface area is 50.7 Å². The lowest BCUT2D eigenvalue weighted by Gasteiger charge is -2.30. The van der Waals surface area contributed by atoms with Gasteiger partial charge in [0.05, 0.1) is 0 Å². The van der Waals surface area contributed by atoms with E-state index in [1.165, 1.54) is 25.9 Å². The third-order valence-corrected chi connectivity index (χ3v) is 2.43. The lowest BCUT2D eigenvalue weighted by molar-refractivity contribution is 0.164. The molecule has 2 fully saturated rings. The van der Waals surface area contributed by atoms with Crippen LogP contribution in [0.2, 0.25) is 0 Å². The van der Waals surface area contributed by atoms with Crippen molar-refractivity contribution in [2.24, 2.45) is 5.92 Å². The Bertz CT molecular complexity index is 93.8. The van der Waals surface area contributed by atoms with Gasteiger partial charge in [-0.2, -0.15) is 0 Å². The first-order valence-corrected chi connectivity index (χ1v) is 3.62. The summed E-state index contributed by atoms with van der Waals surface area (Å²) in [5.41, 5.74) is 0. The summed E-state index contributed by atoms with van der Waals surface area (Å²) in [6.45, 7) is 5.12. The molecule has 0 aromatic rings. The predicted octanol–water partition coefficient (Wildman–Crippen LogP) is 1.10.